The fourth-order valence-electron chi connectivity index (χ4n) is 1.97. The third-order valence-corrected chi connectivity index (χ3v) is 2.87. The molecule has 3 rings (SSSR count). The van der Waals surface area contributed by atoms with Crippen LogP contribution in [0.25, 0.3) is 22.2 Å². The van der Waals surface area contributed by atoms with Gasteiger partial charge in [-0.3, -0.25) is 4.98 Å². The number of aryl methyl sites for hydroxylation is 1. The minimum Gasteiger partial charge on any atom is -0.368 e. The van der Waals surface area contributed by atoms with Crippen molar-refractivity contribution in [3.05, 3.63) is 48.3 Å². The summed E-state index contributed by atoms with van der Waals surface area (Å²) in [6.07, 6.45) is 3.53. The van der Waals surface area contributed by atoms with Gasteiger partial charge >= 0.3 is 0 Å². The largest absolute Gasteiger partial charge is 0.368 e. The Kier molecular flexibility index (Phi) is 2.41. The molecule has 0 bridgehead atoms. The van der Waals surface area contributed by atoms with E-state index in [1.54, 1.807) is 12.4 Å². The maximum absolute atomic E-state index is 5.64. The highest BCUT2D eigenvalue weighted by atomic mass is 15.0. The zero-order valence-electron chi connectivity index (χ0n) is 9.96. The first-order valence-corrected chi connectivity index (χ1v) is 5.68. The number of aromatic nitrogens is 3. The summed E-state index contributed by atoms with van der Waals surface area (Å²) in [6.45, 7) is 1.97. The van der Waals surface area contributed by atoms with Crippen LogP contribution >= 0.6 is 0 Å². The topological polar surface area (TPSA) is 64.7 Å². The maximum atomic E-state index is 5.64. The van der Waals surface area contributed by atoms with Crippen molar-refractivity contribution in [2.45, 2.75) is 6.92 Å². The summed E-state index contributed by atoms with van der Waals surface area (Å²) in [5.41, 5.74) is 9.52. The van der Waals surface area contributed by atoms with Crippen molar-refractivity contribution in [2.75, 3.05) is 5.73 Å². The lowest BCUT2D eigenvalue weighted by Crippen LogP contribution is -1.98. The van der Waals surface area contributed by atoms with Gasteiger partial charge in [-0.05, 0) is 30.7 Å². The van der Waals surface area contributed by atoms with Gasteiger partial charge in [-0.1, -0.05) is 12.1 Å². The van der Waals surface area contributed by atoms with Crippen LogP contribution in [0, 0.1) is 6.92 Å². The first-order valence-electron chi connectivity index (χ1n) is 5.68. The highest BCUT2D eigenvalue weighted by Gasteiger charge is 2.06. The first-order chi connectivity index (χ1) is 8.74. The molecular weight excluding hydrogens is 224 g/mol. The molecule has 2 N–H and O–H groups in total. The molecule has 3 aromatic rings. The minimum absolute atomic E-state index is 0.293. The molecule has 0 aliphatic rings. The van der Waals surface area contributed by atoms with Gasteiger partial charge in [0, 0.05) is 23.3 Å². The number of fused-ring (bicyclic) bond motifs is 1. The molecule has 0 amide bonds. The fourth-order valence-corrected chi connectivity index (χ4v) is 1.97. The van der Waals surface area contributed by atoms with Gasteiger partial charge in [0.05, 0.1) is 11.2 Å². The van der Waals surface area contributed by atoms with Crippen LogP contribution in [0.15, 0.2) is 42.7 Å². The summed E-state index contributed by atoms with van der Waals surface area (Å²) < 4.78 is 0. The van der Waals surface area contributed by atoms with Crippen molar-refractivity contribution in [1.82, 2.24) is 15.0 Å². The predicted octanol–water partition coefficient (Wildman–Crippen LogP) is 2.58. The molecule has 0 fully saturated rings. The standard InChI is InChI=1S/C14H12N4/c1-9-8-17-14(15)18-13(9)11-4-5-12-10(7-11)3-2-6-16-12/h2-8H,1H3,(H2,15,17,18). The Bertz CT molecular complexity index is 722. The second-order valence-electron chi connectivity index (χ2n) is 4.17. The Morgan fingerprint density at radius 1 is 1.11 bits per heavy atom. The average Bonchev–Trinajstić information content (AvgIpc) is 2.41. The van der Waals surface area contributed by atoms with Crippen LogP contribution in [-0.4, -0.2) is 15.0 Å². The Hall–Kier alpha value is -2.49. The van der Waals surface area contributed by atoms with Crippen LogP contribution < -0.4 is 5.73 Å². The van der Waals surface area contributed by atoms with Crippen molar-refractivity contribution < 1.29 is 0 Å². The number of nitrogen functional groups attached to an aromatic ring is 1. The van der Waals surface area contributed by atoms with E-state index >= 15 is 0 Å². The zero-order valence-corrected chi connectivity index (χ0v) is 9.96. The van der Waals surface area contributed by atoms with Gasteiger partial charge in [-0.25, -0.2) is 9.97 Å². The van der Waals surface area contributed by atoms with Crippen LogP contribution in [0.1, 0.15) is 5.56 Å². The molecule has 1 aromatic carbocycles. The van der Waals surface area contributed by atoms with Gasteiger partial charge in [-0.2, -0.15) is 0 Å². The van der Waals surface area contributed by atoms with Crippen molar-refractivity contribution in [1.29, 1.82) is 0 Å². The van der Waals surface area contributed by atoms with Crippen LogP contribution in [0.3, 0.4) is 0 Å². The van der Waals surface area contributed by atoms with E-state index in [2.05, 4.69) is 21.0 Å². The highest BCUT2D eigenvalue weighted by Crippen LogP contribution is 2.24. The number of hydrogen-bond acceptors (Lipinski definition) is 4. The summed E-state index contributed by atoms with van der Waals surface area (Å²) in [7, 11) is 0. The van der Waals surface area contributed by atoms with Gasteiger partial charge in [0.2, 0.25) is 5.95 Å². The number of nitrogens with zero attached hydrogens (tertiary/aromatic N) is 3. The Balaban J connectivity index is 2.22. The van der Waals surface area contributed by atoms with E-state index < -0.39 is 0 Å². The molecule has 4 nitrogen and oxygen atoms in total. The molecule has 0 radical (unpaired) electrons. The Morgan fingerprint density at radius 2 is 2.00 bits per heavy atom. The molecule has 2 aromatic heterocycles. The summed E-state index contributed by atoms with van der Waals surface area (Å²) >= 11 is 0. The normalized spacial score (nSPS) is 10.7. The number of benzene rings is 1. The molecule has 0 spiro atoms. The molecule has 4 heteroatoms. The van der Waals surface area contributed by atoms with Crippen molar-refractivity contribution in [3.63, 3.8) is 0 Å². The molecule has 0 saturated carbocycles. The number of hydrogen-bond donors (Lipinski definition) is 1. The van der Waals surface area contributed by atoms with Crippen LogP contribution in [0.2, 0.25) is 0 Å². The smallest absolute Gasteiger partial charge is 0.220 e. The maximum Gasteiger partial charge on any atom is 0.220 e. The molecule has 88 valence electrons. The quantitative estimate of drug-likeness (QED) is 0.705. The molecule has 18 heavy (non-hydrogen) atoms. The van der Waals surface area contributed by atoms with E-state index in [0.29, 0.717) is 5.95 Å². The zero-order chi connectivity index (χ0) is 12.5. The average molecular weight is 236 g/mol. The van der Waals surface area contributed by atoms with Crippen LogP contribution in [-0.2, 0) is 0 Å². The Labute approximate surface area is 105 Å². The highest BCUT2D eigenvalue weighted by molar-refractivity contribution is 5.84. The second-order valence-corrected chi connectivity index (χ2v) is 4.17. The van der Waals surface area contributed by atoms with E-state index in [1.165, 1.54) is 0 Å². The molecule has 2 heterocycles. The lowest BCUT2D eigenvalue weighted by Gasteiger charge is -2.06. The number of anilines is 1. The SMILES string of the molecule is Cc1cnc(N)nc1-c1ccc2ncccc2c1. The van der Waals surface area contributed by atoms with Crippen molar-refractivity contribution >= 4 is 16.9 Å². The third-order valence-electron chi connectivity index (χ3n) is 2.87. The first kappa shape index (κ1) is 10.7. The van der Waals surface area contributed by atoms with Crippen molar-refractivity contribution in [2.24, 2.45) is 0 Å². The minimum atomic E-state index is 0.293. The fraction of sp³-hybridized carbons (Fsp3) is 0.0714. The van der Waals surface area contributed by atoms with E-state index in [9.17, 15) is 0 Å². The molecular formula is C14H12N4. The summed E-state index contributed by atoms with van der Waals surface area (Å²) in [4.78, 5) is 12.6. The number of nitrogens with two attached hydrogens (primary N) is 1. The number of pyridine rings is 1. The van der Waals surface area contributed by atoms with Gasteiger partial charge in [0.1, 0.15) is 0 Å². The number of rotatable bonds is 1. The van der Waals surface area contributed by atoms with Gasteiger partial charge in [0.15, 0.2) is 0 Å². The van der Waals surface area contributed by atoms with E-state index in [4.69, 9.17) is 5.73 Å². The van der Waals surface area contributed by atoms with Gasteiger partial charge < -0.3 is 5.73 Å². The van der Waals surface area contributed by atoms with Gasteiger partial charge in [-0.15, -0.1) is 0 Å². The molecule has 0 saturated heterocycles. The van der Waals surface area contributed by atoms with E-state index in [-0.39, 0.29) is 0 Å². The molecule has 0 unspecified atom stereocenters. The van der Waals surface area contributed by atoms with Gasteiger partial charge in [0.25, 0.3) is 0 Å². The van der Waals surface area contributed by atoms with Crippen LogP contribution in [0.5, 0.6) is 0 Å². The Morgan fingerprint density at radius 3 is 2.89 bits per heavy atom. The van der Waals surface area contributed by atoms with E-state index in [1.807, 2.05) is 31.2 Å². The third kappa shape index (κ3) is 1.78. The molecule has 0 aliphatic carbocycles. The summed E-state index contributed by atoms with van der Waals surface area (Å²) in [6, 6.07) is 10.0. The second kappa shape index (κ2) is 4.07. The van der Waals surface area contributed by atoms with Crippen molar-refractivity contribution in [3.8, 4) is 11.3 Å². The summed E-state index contributed by atoms with van der Waals surface area (Å²) in [5, 5.41) is 1.09. The lowest BCUT2D eigenvalue weighted by molar-refractivity contribution is 1.15. The van der Waals surface area contributed by atoms with Crippen LogP contribution in [0.4, 0.5) is 5.95 Å². The van der Waals surface area contributed by atoms with E-state index in [0.717, 1.165) is 27.7 Å². The monoisotopic (exact) mass is 236 g/mol. The lowest BCUT2D eigenvalue weighted by atomic mass is 10.1. The molecule has 0 aliphatic heterocycles. The predicted molar refractivity (Wildman–Crippen MR) is 71.9 cm³/mol. The summed E-state index contributed by atoms with van der Waals surface area (Å²) in [5.74, 6) is 0.293. The molecule has 0 atom stereocenters.